The van der Waals surface area contributed by atoms with Crippen molar-refractivity contribution < 1.29 is 12.8 Å². The van der Waals surface area contributed by atoms with Crippen LogP contribution in [0.4, 0.5) is 10.1 Å². The number of sulfonamides is 1. The quantitative estimate of drug-likeness (QED) is 0.789. The van der Waals surface area contributed by atoms with Crippen LogP contribution in [0.25, 0.3) is 0 Å². The number of nitrogens with two attached hydrogens (primary N) is 1. The van der Waals surface area contributed by atoms with Crippen LogP contribution in [0.1, 0.15) is 5.56 Å². The molecule has 0 saturated carbocycles. The molecule has 110 valence electrons. The summed E-state index contributed by atoms with van der Waals surface area (Å²) in [6, 6.07) is 9.79. The number of rotatable bonds is 4. The molecule has 0 atom stereocenters. The fraction of sp³-hybridized carbons (Fsp3) is 0. The van der Waals surface area contributed by atoms with Gasteiger partial charge in [0.1, 0.15) is 10.8 Å². The molecule has 0 bridgehead atoms. The van der Waals surface area contributed by atoms with E-state index in [-0.39, 0.29) is 20.0 Å². The standard InChI is InChI=1S/C13H10BrFN2O2S2/c14-11-7-9(4-5-12(11)15)17-21(18,19)10-3-1-2-8(6-10)13(16)20/h1-7,17H,(H2,16,20). The summed E-state index contributed by atoms with van der Waals surface area (Å²) in [6.07, 6.45) is 0. The Hall–Kier alpha value is -1.51. The first-order chi connectivity index (χ1) is 9.79. The van der Waals surface area contributed by atoms with Gasteiger partial charge in [0, 0.05) is 5.56 Å². The number of hydrogen-bond acceptors (Lipinski definition) is 3. The molecule has 8 heteroatoms. The first-order valence-corrected chi connectivity index (χ1v) is 8.36. The van der Waals surface area contributed by atoms with Gasteiger partial charge in [-0.1, -0.05) is 24.4 Å². The van der Waals surface area contributed by atoms with Crippen molar-refractivity contribution >= 4 is 48.8 Å². The number of hydrogen-bond donors (Lipinski definition) is 2. The Morgan fingerprint density at radius 2 is 1.95 bits per heavy atom. The first-order valence-electron chi connectivity index (χ1n) is 5.67. The molecule has 2 aromatic carbocycles. The van der Waals surface area contributed by atoms with Crippen LogP contribution in [0, 0.1) is 5.82 Å². The molecule has 21 heavy (non-hydrogen) atoms. The minimum absolute atomic E-state index is 0.0215. The highest BCUT2D eigenvalue weighted by Crippen LogP contribution is 2.22. The lowest BCUT2D eigenvalue weighted by atomic mass is 10.2. The summed E-state index contributed by atoms with van der Waals surface area (Å²) >= 11 is 7.82. The van der Waals surface area contributed by atoms with E-state index in [1.807, 2.05) is 0 Å². The number of nitrogens with one attached hydrogen (secondary N) is 1. The molecule has 0 aromatic heterocycles. The molecule has 0 fully saturated rings. The molecule has 3 N–H and O–H groups in total. The van der Waals surface area contributed by atoms with Gasteiger partial charge in [0.2, 0.25) is 0 Å². The first kappa shape index (κ1) is 15.9. The molecule has 0 spiro atoms. The zero-order valence-electron chi connectivity index (χ0n) is 10.5. The van der Waals surface area contributed by atoms with Gasteiger partial charge in [-0.2, -0.15) is 0 Å². The molecule has 0 aliphatic heterocycles. The van der Waals surface area contributed by atoms with Gasteiger partial charge in [0.25, 0.3) is 10.0 Å². The molecule has 0 aliphatic carbocycles. The normalized spacial score (nSPS) is 11.1. The Morgan fingerprint density at radius 1 is 1.24 bits per heavy atom. The van der Waals surface area contributed by atoms with Crippen molar-refractivity contribution in [2.45, 2.75) is 4.90 Å². The predicted molar refractivity (Wildman–Crippen MR) is 87.2 cm³/mol. The van der Waals surface area contributed by atoms with Crippen LogP contribution < -0.4 is 10.5 Å². The SMILES string of the molecule is NC(=S)c1cccc(S(=O)(=O)Nc2ccc(F)c(Br)c2)c1. The number of thiocarbonyl (C=S) groups is 1. The summed E-state index contributed by atoms with van der Waals surface area (Å²) in [4.78, 5) is 0.129. The van der Waals surface area contributed by atoms with E-state index in [1.165, 1.54) is 24.3 Å². The lowest BCUT2D eigenvalue weighted by Crippen LogP contribution is -2.15. The van der Waals surface area contributed by atoms with Crippen molar-refractivity contribution in [1.29, 1.82) is 0 Å². The maximum absolute atomic E-state index is 13.1. The largest absolute Gasteiger partial charge is 0.389 e. The zero-order chi connectivity index (χ0) is 15.6. The van der Waals surface area contributed by atoms with Crippen LogP contribution in [0.3, 0.4) is 0 Å². The minimum Gasteiger partial charge on any atom is -0.389 e. The van der Waals surface area contributed by atoms with Gasteiger partial charge < -0.3 is 5.73 Å². The van der Waals surface area contributed by atoms with Crippen molar-refractivity contribution in [2.24, 2.45) is 5.73 Å². The van der Waals surface area contributed by atoms with Gasteiger partial charge in [0.15, 0.2) is 0 Å². The predicted octanol–water partition coefficient (Wildman–Crippen LogP) is 3.02. The average molecular weight is 389 g/mol. The summed E-state index contributed by atoms with van der Waals surface area (Å²) in [6.45, 7) is 0. The molecule has 0 radical (unpaired) electrons. The second-order valence-corrected chi connectivity index (χ2v) is 7.10. The van der Waals surface area contributed by atoms with Gasteiger partial charge in [-0.3, -0.25) is 4.72 Å². The molecule has 4 nitrogen and oxygen atoms in total. The number of halogens is 2. The molecule has 0 aliphatic rings. The highest BCUT2D eigenvalue weighted by atomic mass is 79.9. The average Bonchev–Trinajstić information content (AvgIpc) is 2.43. The molecule has 2 rings (SSSR count). The van der Waals surface area contributed by atoms with Gasteiger partial charge in [0.05, 0.1) is 15.1 Å². The minimum atomic E-state index is -3.81. The maximum atomic E-state index is 13.1. The summed E-state index contributed by atoms with van der Waals surface area (Å²) in [5, 5.41) is 0. The molecule has 0 heterocycles. The van der Waals surface area contributed by atoms with Crippen LogP contribution in [0.2, 0.25) is 0 Å². The topological polar surface area (TPSA) is 72.2 Å². The van der Waals surface area contributed by atoms with Gasteiger partial charge in [-0.25, -0.2) is 12.8 Å². The molecular formula is C13H10BrFN2O2S2. The van der Waals surface area contributed by atoms with Crippen LogP contribution >= 0.6 is 28.1 Å². The zero-order valence-corrected chi connectivity index (χ0v) is 13.7. The van der Waals surface area contributed by atoms with Crippen molar-refractivity contribution in [3.8, 4) is 0 Å². The van der Waals surface area contributed by atoms with E-state index in [0.717, 1.165) is 6.07 Å². The van der Waals surface area contributed by atoms with E-state index in [9.17, 15) is 12.8 Å². The Bertz CT molecular complexity index is 810. The van der Waals surface area contributed by atoms with Crippen molar-refractivity contribution in [3.05, 3.63) is 58.3 Å². The van der Waals surface area contributed by atoms with Crippen LogP contribution in [0.5, 0.6) is 0 Å². The van der Waals surface area contributed by atoms with E-state index in [2.05, 4.69) is 20.7 Å². The Morgan fingerprint density at radius 3 is 2.57 bits per heavy atom. The Balaban J connectivity index is 2.36. The Labute approximate surface area is 135 Å². The monoisotopic (exact) mass is 388 g/mol. The second kappa shape index (κ2) is 6.08. The third kappa shape index (κ3) is 3.78. The number of anilines is 1. The van der Waals surface area contributed by atoms with Crippen LogP contribution in [-0.2, 0) is 10.0 Å². The van der Waals surface area contributed by atoms with Crippen molar-refractivity contribution in [1.82, 2.24) is 0 Å². The molecule has 0 amide bonds. The fourth-order valence-corrected chi connectivity index (χ4v) is 3.19. The van der Waals surface area contributed by atoms with E-state index < -0.39 is 15.8 Å². The van der Waals surface area contributed by atoms with Crippen molar-refractivity contribution in [3.63, 3.8) is 0 Å². The smallest absolute Gasteiger partial charge is 0.261 e. The summed E-state index contributed by atoms with van der Waals surface area (Å²) in [5.41, 5.74) is 6.18. The van der Waals surface area contributed by atoms with Gasteiger partial charge >= 0.3 is 0 Å². The Kier molecular flexibility index (Phi) is 4.60. The second-order valence-electron chi connectivity index (χ2n) is 4.13. The fourth-order valence-electron chi connectivity index (χ4n) is 1.59. The lowest BCUT2D eigenvalue weighted by Gasteiger charge is -2.09. The van der Waals surface area contributed by atoms with E-state index in [1.54, 1.807) is 12.1 Å². The molecule has 0 unspecified atom stereocenters. The van der Waals surface area contributed by atoms with Gasteiger partial charge in [-0.15, -0.1) is 0 Å². The highest BCUT2D eigenvalue weighted by molar-refractivity contribution is 9.10. The number of benzene rings is 2. The summed E-state index contributed by atoms with van der Waals surface area (Å²) < 4.78 is 40.2. The summed E-state index contributed by atoms with van der Waals surface area (Å²) in [5.74, 6) is -0.478. The summed E-state index contributed by atoms with van der Waals surface area (Å²) in [7, 11) is -3.81. The van der Waals surface area contributed by atoms with Crippen LogP contribution in [-0.4, -0.2) is 13.4 Å². The van der Waals surface area contributed by atoms with E-state index in [4.69, 9.17) is 18.0 Å². The molecule has 0 saturated heterocycles. The molecule has 2 aromatic rings. The lowest BCUT2D eigenvalue weighted by molar-refractivity contribution is 0.601. The van der Waals surface area contributed by atoms with Crippen molar-refractivity contribution in [2.75, 3.05) is 4.72 Å². The maximum Gasteiger partial charge on any atom is 0.261 e. The van der Waals surface area contributed by atoms with Gasteiger partial charge in [-0.05, 0) is 46.3 Å². The molecular weight excluding hydrogens is 379 g/mol. The van der Waals surface area contributed by atoms with E-state index in [0.29, 0.717) is 5.56 Å². The van der Waals surface area contributed by atoms with E-state index >= 15 is 0 Å². The van der Waals surface area contributed by atoms with Crippen LogP contribution in [0.15, 0.2) is 51.8 Å². The highest BCUT2D eigenvalue weighted by Gasteiger charge is 2.15. The third-order valence-electron chi connectivity index (χ3n) is 2.60. The third-order valence-corrected chi connectivity index (χ3v) is 4.82.